The number of carbonyl (C=O) groups is 7. The highest BCUT2D eigenvalue weighted by Gasteiger charge is 2.34. The smallest absolute Gasteiger partial charge is 0.363 e. The normalized spacial score (nSPS) is 12.0. The fourth-order valence-corrected chi connectivity index (χ4v) is 7.66. The van der Waals surface area contributed by atoms with E-state index in [1.807, 2.05) is 19.1 Å². The van der Waals surface area contributed by atoms with Crippen LogP contribution in [0.25, 0.3) is 17.0 Å². The number of nitrogens with zero attached hydrogens (tertiary/aromatic N) is 3. The lowest BCUT2D eigenvalue weighted by Crippen LogP contribution is -2.49. The zero-order valence-electron chi connectivity index (χ0n) is 40.3. The van der Waals surface area contributed by atoms with E-state index in [1.54, 1.807) is 122 Å². The van der Waals surface area contributed by atoms with Crippen LogP contribution in [0.4, 0.5) is 0 Å². The molecule has 0 bridgehead atoms. The summed E-state index contributed by atoms with van der Waals surface area (Å²) in [5.74, 6) is -4.68. The summed E-state index contributed by atoms with van der Waals surface area (Å²) < 4.78 is 24.4. The first-order chi connectivity index (χ1) is 35.0. The maximum absolute atomic E-state index is 13.8. The lowest BCUT2D eigenvalue weighted by molar-refractivity contribution is -0.171. The Bertz CT molecular complexity index is 2730. The van der Waals surface area contributed by atoms with Gasteiger partial charge in [0.15, 0.2) is 5.76 Å². The second-order valence-electron chi connectivity index (χ2n) is 16.4. The number of unbranched alkanes of at least 4 members (excludes halogenated alkanes) is 2. The van der Waals surface area contributed by atoms with Crippen LogP contribution in [0, 0.1) is 5.92 Å². The van der Waals surface area contributed by atoms with E-state index in [-0.39, 0.29) is 61.3 Å². The van der Waals surface area contributed by atoms with Crippen LogP contribution in [0.3, 0.4) is 0 Å². The zero-order valence-corrected chi connectivity index (χ0v) is 40.3. The predicted molar refractivity (Wildman–Crippen MR) is 263 cm³/mol. The molecular formula is C54H58N6O12. The molecule has 6 aromatic rings. The average Bonchev–Trinajstić information content (AvgIpc) is 4.14. The number of amides is 4. The van der Waals surface area contributed by atoms with E-state index in [0.717, 1.165) is 29.2 Å². The lowest BCUT2D eigenvalue weighted by atomic mass is 9.90. The SMILES string of the molecule is CCCCC[C@@H](C(=O)NCNC(=O)c1ccc(-c2ccc(C(=O)N[C@@H](CC(=O)OCc3ccccc3)C(=O)OCc3ccccc3)c(OCC)c2)o1)[C@@H](CC)N(C=O)OC(=O)c1ccc(-n2ccnc2)cc1. The Hall–Kier alpha value is -8.54. The molecular weight excluding hydrogens is 925 g/mol. The quantitative estimate of drug-likeness (QED) is 0.0149. The number of rotatable bonds is 27. The van der Waals surface area contributed by atoms with E-state index < -0.39 is 60.1 Å². The maximum Gasteiger partial charge on any atom is 0.363 e. The van der Waals surface area contributed by atoms with Crippen LogP contribution in [0.2, 0.25) is 0 Å². The number of benzene rings is 4. The van der Waals surface area contributed by atoms with Gasteiger partial charge in [-0.05, 0) is 79.4 Å². The largest absolute Gasteiger partial charge is 0.493 e. The molecule has 4 aromatic carbocycles. The van der Waals surface area contributed by atoms with Crippen molar-refractivity contribution in [2.24, 2.45) is 5.92 Å². The van der Waals surface area contributed by atoms with Crippen molar-refractivity contribution in [3.8, 4) is 22.8 Å². The Kier molecular flexibility index (Phi) is 19.8. The standard InChI is InChI=1S/C54H58N6O12/c1-4-7-10-19-42(45(5-2)60(36-61)72-53(66)39-20-23-41(24-21-39)59-29-28-55-35-59)50(63)56-34-57-52(65)47-27-26-46(71-47)40-22-25-43(48(30-40)68-6-3)51(64)58-44(54(67)70-33-38-17-13-9-14-18-38)31-49(62)69-32-37-15-11-8-12-16-37/h8-9,11-18,20-30,35-36,42,44-45H,4-7,10,19,31-34H2,1-3H3,(H,56,63)(H,57,65)(H,58,64)/t42-,44+,45-/m1/s1. The Labute approximate surface area is 416 Å². The molecule has 2 heterocycles. The lowest BCUT2D eigenvalue weighted by Gasteiger charge is -2.31. The van der Waals surface area contributed by atoms with Crippen LogP contribution < -0.4 is 20.7 Å². The maximum atomic E-state index is 13.8. The van der Waals surface area contributed by atoms with Crippen molar-refractivity contribution in [2.75, 3.05) is 13.3 Å². The van der Waals surface area contributed by atoms with Gasteiger partial charge in [-0.2, -0.15) is 5.06 Å². The van der Waals surface area contributed by atoms with Crippen molar-refractivity contribution in [1.29, 1.82) is 0 Å². The summed E-state index contributed by atoms with van der Waals surface area (Å²) in [4.78, 5) is 102. The van der Waals surface area contributed by atoms with Crippen LogP contribution in [0.5, 0.6) is 5.75 Å². The fraction of sp³-hybridized carbons (Fsp3) is 0.296. The van der Waals surface area contributed by atoms with Gasteiger partial charge in [0, 0.05) is 23.6 Å². The van der Waals surface area contributed by atoms with Crippen molar-refractivity contribution in [3.63, 3.8) is 0 Å². The van der Waals surface area contributed by atoms with Gasteiger partial charge >= 0.3 is 17.9 Å². The van der Waals surface area contributed by atoms with Gasteiger partial charge in [-0.25, -0.2) is 14.6 Å². The number of hydrogen-bond acceptors (Lipinski definition) is 13. The molecule has 0 aliphatic heterocycles. The number of nitrogens with one attached hydrogen (secondary N) is 3. The average molecular weight is 983 g/mol. The third-order valence-electron chi connectivity index (χ3n) is 11.4. The molecule has 376 valence electrons. The topological polar surface area (TPSA) is 227 Å². The summed E-state index contributed by atoms with van der Waals surface area (Å²) in [7, 11) is 0. The Morgan fingerprint density at radius 2 is 1.50 bits per heavy atom. The van der Waals surface area contributed by atoms with E-state index in [9.17, 15) is 33.6 Å². The van der Waals surface area contributed by atoms with Crippen LogP contribution >= 0.6 is 0 Å². The first-order valence-electron chi connectivity index (χ1n) is 23.7. The highest BCUT2D eigenvalue weighted by molar-refractivity contribution is 6.00. The number of ether oxygens (including phenoxy) is 3. The van der Waals surface area contributed by atoms with Crippen molar-refractivity contribution in [1.82, 2.24) is 30.6 Å². The summed E-state index contributed by atoms with van der Waals surface area (Å²) in [5, 5.41) is 8.86. The minimum atomic E-state index is -1.41. The number of carbonyl (C=O) groups excluding carboxylic acids is 7. The number of esters is 2. The molecule has 18 nitrogen and oxygen atoms in total. The van der Waals surface area contributed by atoms with E-state index >= 15 is 0 Å². The van der Waals surface area contributed by atoms with Crippen LogP contribution in [0.15, 0.2) is 138 Å². The molecule has 0 saturated heterocycles. The number of imidazole rings is 1. The van der Waals surface area contributed by atoms with Crippen molar-refractivity contribution < 1.29 is 57.0 Å². The highest BCUT2D eigenvalue weighted by Crippen LogP contribution is 2.30. The third-order valence-corrected chi connectivity index (χ3v) is 11.4. The second-order valence-corrected chi connectivity index (χ2v) is 16.4. The van der Waals surface area contributed by atoms with E-state index in [2.05, 4.69) is 20.9 Å². The van der Waals surface area contributed by atoms with Gasteiger partial charge in [-0.15, -0.1) is 0 Å². The predicted octanol–water partition coefficient (Wildman–Crippen LogP) is 7.52. The van der Waals surface area contributed by atoms with Crippen molar-refractivity contribution in [2.45, 2.75) is 84.6 Å². The van der Waals surface area contributed by atoms with E-state index in [4.69, 9.17) is 23.5 Å². The van der Waals surface area contributed by atoms with Gasteiger partial charge in [0.25, 0.3) is 11.8 Å². The monoisotopic (exact) mass is 982 g/mol. The molecule has 18 heteroatoms. The molecule has 0 radical (unpaired) electrons. The van der Waals surface area contributed by atoms with Gasteiger partial charge in [0.2, 0.25) is 12.3 Å². The van der Waals surface area contributed by atoms with Gasteiger partial charge < -0.3 is 44.0 Å². The van der Waals surface area contributed by atoms with Crippen molar-refractivity contribution >= 4 is 42.0 Å². The number of hydrogen-bond donors (Lipinski definition) is 3. The zero-order chi connectivity index (χ0) is 51.2. The molecule has 0 aliphatic rings. The van der Waals surface area contributed by atoms with Crippen molar-refractivity contribution in [3.05, 3.63) is 162 Å². The molecule has 0 unspecified atom stereocenters. The molecule has 0 aliphatic carbocycles. The minimum absolute atomic E-state index is 0.0304. The summed E-state index contributed by atoms with van der Waals surface area (Å²) in [6.45, 7) is 5.28. The Balaban J connectivity index is 1.08. The number of furan rings is 1. The summed E-state index contributed by atoms with van der Waals surface area (Å²) in [6.07, 6.45) is 7.92. The summed E-state index contributed by atoms with van der Waals surface area (Å²) in [6, 6.07) is 29.9. The summed E-state index contributed by atoms with van der Waals surface area (Å²) >= 11 is 0. The first-order valence-corrected chi connectivity index (χ1v) is 23.7. The summed E-state index contributed by atoms with van der Waals surface area (Å²) in [5.41, 5.74) is 2.91. The number of aromatic nitrogens is 2. The second kappa shape index (κ2) is 27.0. The first kappa shape index (κ1) is 52.8. The molecule has 4 amide bonds. The molecule has 72 heavy (non-hydrogen) atoms. The Morgan fingerprint density at radius 1 is 0.792 bits per heavy atom. The van der Waals surface area contributed by atoms with Gasteiger partial charge in [-0.1, -0.05) is 99.8 Å². The molecule has 0 fully saturated rings. The van der Waals surface area contributed by atoms with Gasteiger partial charge in [0.05, 0.1) is 49.1 Å². The van der Waals surface area contributed by atoms with Gasteiger partial charge in [-0.3, -0.25) is 24.0 Å². The Morgan fingerprint density at radius 3 is 2.14 bits per heavy atom. The molecule has 0 saturated carbocycles. The molecule has 6 rings (SSSR count). The number of hydroxylamine groups is 2. The third kappa shape index (κ3) is 15.0. The van der Waals surface area contributed by atoms with E-state index in [0.29, 0.717) is 30.4 Å². The fourth-order valence-electron chi connectivity index (χ4n) is 7.66. The molecule has 3 N–H and O–H groups in total. The minimum Gasteiger partial charge on any atom is -0.493 e. The van der Waals surface area contributed by atoms with Crippen LogP contribution in [-0.2, 0) is 46.7 Å². The molecule has 2 aromatic heterocycles. The van der Waals surface area contributed by atoms with Crippen LogP contribution in [0.1, 0.15) is 102 Å². The molecule has 3 atom stereocenters. The van der Waals surface area contributed by atoms with E-state index in [1.165, 1.54) is 18.2 Å². The molecule has 0 spiro atoms. The van der Waals surface area contributed by atoms with Crippen LogP contribution in [-0.4, -0.2) is 82.0 Å². The highest BCUT2D eigenvalue weighted by atomic mass is 16.7. The van der Waals surface area contributed by atoms with Gasteiger partial charge in [0.1, 0.15) is 30.8 Å².